The second-order valence-electron chi connectivity index (χ2n) is 29.6. The average Bonchev–Trinajstić information content (AvgIpc) is 0.956. The van der Waals surface area contributed by atoms with Crippen molar-refractivity contribution in [1.29, 1.82) is 0 Å². The van der Waals surface area contributed by atoms with Crippen molar-refractivity contribution >= 4 is 39.5 Å². The van der Waals surface area contributed by atoms with Gasteiger partial charge in [-0.05, 0) is 31.6 Å². The van der Waals surface area contributed by atoms with Gasteiger partial charge in [0.1, 0.15) is 19.3 Å². The zero-order valence-electron chi connectivity index (χ0n) is 65.3. The van der Waals surface area contributed by atoms with E-state index in [1.807, 2.05) is 0 Å². The SMILES string of the molecule is CCCCCCCCCCCCCCCCCCCCCCCC(=O)O[C@H](COC(=O)CCCCCCCCCCCCCCCCCCCC)COP(=O)(O)OC[C@@H](O)COP(=O)(O)OC[C@@H](COC(=O)CCCCCCCCC)OC(=O)CCCCCCCCCCCCCC(C)C. The fourth-order valence-electron chi connectivity index (χ4n) is 12.6. The molecule has 0 spiro atoms. The van der Waals surface area contributed by atoms with Crippen molar-refractivity contribution in [3.05, 3.63) is 0 Å². The molecule has 0 saturated heterocycles. The van der Waals surface area contributed by atoms with Crippen LogP contribution in [0.15, 0.2) is 0 Å². The molecule has 19 heteroatoms. The molecule has 0 bridgehead atoms. The van der Waals surface area contributed by atoms with E-state index in [2.05, 4.69) is 34.6 Å². The third-order valence-electron chi connectivity index (χ3n) is 19.0. The lowest BCUT2D eigenvalue weighted by molar-refractivity contribution is -0.161. The van der Waals surface area contributed by atoms with Crippen LogP contribution in [-0.2, 0) is 65.4 Å². The Labute approximate surface area is 613 Å². The molecule has 594 valence electrons. The molecule has 100 heavy (non-hydrogen) atoms. The van der Waals surface area contributed by atoms with Gasteiger partial charge in [-0.15, -0.1) is 0 Å². The van der Waals surface area contributed by atoms with Gasteiger partial charge in [0, 0.05) is 25.7 Å². The van der Waals surface area contributed by atoms with Crippen LogP contribution < -0.4 is 0 Å². The summed E-state index contributed by atoms with van der Waals surface area (Å²) in [6.45, 7) is 7.28. The lowest BCUT2D eigenvalue weighted by Gasteiger charge is -2.21. The molecule has 2 unspecified atom stereocenters. The normalized spacial score (nSPS) is 13.8. The van der Waals surface area contributed by atoms with Crippen LogP contribution in [0.5, 0.6) is 0 Å². The summed E-state index contributed by atoms with van der Waals surface area (Å²) in [4.78, 5) is 72.9. The molecule has 0 aliphatic rings. The number of aliphatic hydroxyl groups excluding tert-OH is 1. The van der Waals surface area contributed by atoms with Crippen molar-refractivity contribution in [2.75, 3.05) is 39.6 Å². The number of carbonyl (C=O) groups excluding carboxylic acids is 4. The van der Waals surface area contributed by atoms with Crippen LogP contribution in [0.3, 0.4) is 0 Å². The first kappa shape index (κ1) is 98.1. The van der Waals surface area contributed by atoms with E-state index in [-0.39, 0.29) is 25.7 Å². The molecule has 0 saturated carbocycles. The molecule has 0 radical (unpaired) electrons. The number of hydrogen-bond acceptors (Lipinski definition) is 15. The number of hydrogen-bond donors (Lipinski definition) is 3. The van der Waals surface area contributed by atoms with Crippen LogP contribution in [0.4, 0.5) is 0 Å². The fourth-order valence-corrected chi connectivity index (χ4v) is 14.2. The summed E-state index contributed by atoms with van der Waals surface area (Å²) in [5.74, 6) is -1.35. The minimum atomic E-state index is -4.96. The predicted octanol–water partition coefficient (Wildman–Crippen LogP) is 24.4. The first-order valence-electron chi connectivity index (χ1n) is 42.1. The van der Waals surface area contributed by atoms with E-state index in [4.69, 9.17) is 37.0 Å². The van der Waals surface area contributed by atoms with Crippen LogP contribution >= 0.6 is 15.6 Å². The van der Waals surface area contributed by atoms with Crippen LogP contribution in [0, 0.1) is 5.92 Å². The smallest absolute Gasteiger partial charge is 0.462 e. The van der Waals surface area contributed by atoms with Crippen LogP contribution in [-0.4, -0.2) is 96.7 Å². The molecule has 0 aliphatic heterocycles. The second-order valence-corrected chi connectivity index (χ2v) is 32.5. The van der Waals surface area contributed by atoms with Crippen LogP contribution in [0.2, 0.25) is 0 Å². The number of phosphoric acid groups is 2. The first-order chi connectivity index (χ1) is 48.5. The highest BCUT2D eigenvalue weighted by Gasteiger charge is 2.30. The number of esters is 4. The predicted molar refractivity (Wildman–Crippen MR) is 409 cm³/mol. The highest BCUT2D eigenvalue weighted by atomic mass is 31.2. The van der Waals surface area contributed by atoms with E-state index in [0.717, 1.165) is 109 Å². The third-order valence-corrected chi connectivity index (χ3v) is 20.9. The van der Waals surface area contributed by atoms with Crippen molar-refractivity contribution in [2.24, 2.45) is 5.92 Å². The molecule has 5 atom stereocenters. The molecule has 0 rings (SSSR count). The van der Waals surface area contributed by atoms with Crippen LogP contribution in [0.25, 0.3) is 0 Å². The number of carbonyl (C=O) groups is 4. The zero-order chi connectivity index (χ0) is 73.4. The molecule has 0 fully saturated rings. The Hall–Kier alpha value is -1.94. The van der Waals surface area contributed by atoms with Gasteiger partial charge in [-0.2, -0.15) is 0 Å². The highest BCUT2D eigenvalue weighted by Crippen LogP contribution is 2.45. The van der Waals surface area contributed by atoms with E-state index in [0.29, 0.717) is 25.7 Å². The third kappa shape index (κ3) is 74.3. The monoisotopic (exact) mass is 1470 g/mol. The summed E-state index contributed by atoms with van der Waals surface area (Å²) in [5, 5.41) is 10.6. The standard InChI is InChI=1S/C81H158O17P2/c1-6-9-12-15-18-20-22-24-26-28-30-31-32-34-36-38-42-46-51-56-61-66-80(85)98-77(71-92-79(84)65-60-55-50-45-41-37-35-33-29-27-25-23-21-19-16-13-10-7-2)73-96-100(89,90)94-69-75(82)68-93-99(87,88)95-72-76(70-91-78(83)64-59-54-48-17-14-11-8-3)97-81(86)67-62-57-52-47-43-39-40-44-49-53-58-63-74(4)5/h74-77,82H,6-73H2,1-5H3,(H,87,88)(H,89,90)/t75-,76+,77+/m0/s1. The van der Waals surface area contributed by atoms with Gasteiger partial charge < -0.3 is 33.8 Å². The Balaban J connectivity index is 5.17. The summed E-state index contributed by atoms with van der Waals surface area (Å²) >= 11 is 0. The topological polar surface area (TPSA) is 237 Å². The summed E-state index contributed by atoms with van der Waals surface area (Å²) in [6, 6.07) is 0. The molecule has 0 heterocycles. The summed E-state index contributed by atoms with van der Waals surface area (Å²) in [6.07, 6.45) is 65.5. The minimum Gasteiger partial charge on any atom is -0.462 e. The zero-order valence-corrected chi connectivity index (χ0v) is 67.1. The van der Waals surface area contributed by atoms with Crippen molar-refractivity contribution in [1.82, 2.24) is 0 Å². The van der Waals surface area contributed by atoms with Crippen LogP contribution in [0.1, 0.15) is 433 Å². The maximum atomic E-state index is 13.1. The summed E-state index contributed by atoms with van der Waals surface area (Å²) in [7, 11) is -9.91. The van der Waals surface area contributed by atoms with Crippen molar-refractivity contribution in [3.8, 4) is 0 Å². The Bertz CT molecular complexity index is 1910. The molecular formula is C81H158O17P2. The Kier molecular flexibility index (Phi) is 72.5. The maximum Gasteiger partial charge on any atom is 0.472 e. The van der Waals surface area contributed by atoms with Crippen molar-refractivity contribution in [3.63, 3.8) is 0 Å². The van der Waals surface area contributed by atoms with Gasteiger partial charge in [0.25, 0.3) is 0 Å². The van der Waals surface area contributed by atoms with Gasteiger partial charge in [-0.25, -0.2) is 9.13 Å². The first-order valence-corrected chi connectivity index (χ1v) is 45.1. The summed E-state index contributed by atoms with van der Waals surface area (Å²) in [5.41, 5.74) is 0. The quantitative estimate of drug-likeness (QED) is 0.0222. The lowest BCUT2D eigenvalue weighted by Crippen LogP contribution is -2.30. The van der Waals surface area contributed by atoms with Gasteiger partial charge in [-0.1, -0.05) is 381 Å². The van der Waals surface area contributed by atoms with Gasteiger partial charge >= 0.3 is 39.5 Å². The number of rotatable bonds is 81. The average molecular weight is 1470 g/mol. The number of aliphatic hydroxyl groups is 1. The highest BCUT2D eigenvalue weighted by molar-refractivity contribution is 7.47. The van der Waals surface area contributed by atoms with E-state index in [9.17, 15) is 43.2 Å². The Morgan fingerprint density at radius 3 is 0.680 bits per heavy atom. The second kappa shape index (κ2) is 73.9. The molecule has 0 aromatic carbocycles. The molecule has 3 N–H and O–H groups in total. The summed E-state index contributed by atoms with van der Waals surface area (Å²) < 4.78 is 68.6. The lowest BCUT2D eigenvalue weighted by atomic mass is 10.0. The maximum absolute atomic E-state index is 13.1. The van der Waals surface area contributed by atoms with Crippen molar-refractivity contribution < 1.29 is 80.2 Å². The molecular weight excluding hydrogens is 1310 g/mol. The largest absolute Gasteiger partial charge is 0.472 e. The van der Waals surface area contributed by atoms with Gasteiger partial charge in [0.05, 0.1) is 26.4 Å². The molecule has 17 nitrogen and oxygen atoms in total. The minimum absolute atomic E-state index is 0.107. The fraction of sp³-hybridized carbons (Fsp3) is 0.951. The number of unbranched alkanes of at least 4 members (excludes halogenated alkanes) is 53. The van der Waals surface area contributed by atoms with E-state index < -0.39 is 97.5 Å². The molecule has 0 aromatic rings. The Morgan fingerprint density at radius 1 is 0.270 bits per heavy atom. The van der Waals surface area contributed by atoms with Gasteiger partial charge in [-0.3, -0.25) is 37.3 Å². The van der Waals surface area contributed by atoms with E-state index in [1.54, 1.807) is 0 Å². The molecule has 0 aromatic heterocycles. The molecule has 0 amide bonds. The Morgan fingerprint density at radius 2 is 0.460 bits per heavy atom. The number of phosphoric ester groups is 2. The van der Waals surface area contributed by atoms with Gasteiger partial charge in [0.2, 0.25) is 0 Å². The van der Waals surface area contributed by atoms with E-state index >= 15 is 0 Å². The number of ether oxygens (including phenoxy) is 4. The van der Waals surface area contributed by atoms with E-state index in [1.165, 1.54) is 244 Å². The molecule has 0 aliphatic carbocycles. The van der Waals surface area contributed by atoms with Gasteiger partial charge in [0.15, 0.2) is 12.2 Å². The van der Waals surface area contributed by atoms with Crippen molar-refractivity contribution in [2.45, 2.75) is 451 Å².